The Morgan fingerprint density at radius 1 is 1.47 bits per heavy atom. The third-order valence-electron chi connectivity index (χ3n) is 2.98. The largest absolute Gasteiger partial charge is 0.326 e. The van der Waals surface area contributed by atoms with Crippen molar-refractivity contribution in [3.8, 4) is 0 Å². The number of halogens is 2. The molecular formula is C12H14ClFN2O. The van der Waals surface area contributed by atoms with Crippen molar-refractivity contribution < 1.29 is 9.18 Å². The molecule has 0 saturated carbocycles. The Balaban J connectivity index is 2.07. The summed E-state index contributed by atoms with van der Waals surface area (Å²) in [6.45, 7) is 3.51. The van der Waals surface area contributed by atoms with E-state index in [1.807, 2.05) is 6.92 Å². The van der Waals surface area contributed by atoms with Crippen molar-refractivity contribution in [2.75, 3.05) is 18.4 Å². The minimum absolute atomic E-state index is 0.0722. The molecule has 5 heteroatoms. The van der Waals surface area contributed by atoms with E-state index in [-0.39, 0.29) is 16.8 Å². The molecule has 1 aliphatic heterocycles. The summed E-state index contributed by atoms with van der Waals surface area (Å²) in [5.41, 5.74) is 0.402. The molecule has 0 aromatic heterocycles. The topological polar surface area (TPSA) is 41.1 Å². The molecule has 0 aliphatic carbocycles. The first-order chi connectivity index (χ1) is 8.06. The molecule has 2 N–H and O–H groups in total. The maximum absolute atomic E-state index is 13.1. The van der Waals surface area contributed by atoms with Crippen LogP contribution in [0.2, 0.25) is 5.02 Å². The Hall–Kier alpha value is -1.13. The molecule has 2 atom stereocenters. The summed E-state index contributed by atoms with van der Waals surface area (Å²) in [5, 5.41) is 6.12. The summed E-state index contributed by atoms with van der Waals surface area (Å²) in [7, 11) is 0. The second-order valence-corrected chi connectivity index (χ2v) is 4.83. The zero-order chi connectivity index (χ0) is 12.4. The van der Waals surface area contributed by atoms with E-state index < -0.39 is 5.82 Å². The lowest BCUT2D eigenvalue weighted by Gasteiger charge is -2.14. The van der Waals surface area contributed by atoms with Gasteiger partial charge in [0.05, 0.1) is 5.92 Å². The highest BCUT2D eigenvalue weighted by atomic mass is 35.5. The van der Waals surface area contributed by atoms with Crippen molar-refractivity contribution in [3.05, 3.63) is 29.0 Å². The Morgan fingerprint density at radius 2 is 2.24 bits per heavy atom. The number of anilines is 1. The molecule has 1 aliphatic rings. The number of benzene rings is 1. The lowest BCUT2D eigenvalue weighted by molar-refractivity contribution is -0.120. The van der Waals surface area contributed by atoms with Crippen LogP contribution in [0.25, 0.3) is 0 Å². The van der Waals surface area contributed by atoms with E-state index in [1.54, 1.807) is 0 Å². The molecule has 3 nitrogen and oxygen atoms in total. The van der Waals surface area contributed by atoms with Crippen LogP contribution in [0.3, 0.4) is 0 Å². The number of carbonyl (C=O) groups excluding carboxylic acids is 1. The van der Waals surface area contributed by atoms with Crippen LogP contribution in [0.5, 0.6) is 0 Å². The second-order valence-electron chi connectivity index (χ2n) is 4.39. The van der Waals surface area contributed by atoms with E-state index in [0.717, 1.165) is 6.54 Å². The van der Waals surface area contributed by atoms with Gasteiger partial charge in [-0.2, -0.15) is 0 Å². The third-order valence-corrected chi connectivity index (χ3v) is 3.20. The molecule has 1 aromatic rings. The highest BCUT2D eigenvalue weighted by Crippen LogP contribution is 2.21. The zero-order valence-corrected chi connectivity index (χ0v) is 10.2. The van der Waals surface area contributed by atoms with Crippen molar-refractivity contribution in [2.45, 2.75) is 6.92 Å². The Labute approximate surface area is 104 Å². The van der Waals surface area contributed by atoms with E-state index in [2.05, 4.69) is 10.6 Å². The number of amides is 1. The van der Waals surface area contributed by atoms with E-state index in [1.165, 1.54) is 18.2 Å². The summed E-state index contributed by atoms with van der Waals surface area (Å²) >= 11 is 5.72. The Bertz CT molecular complexity index is 418. The van der Waals surface area contributed by atoms with Crippen LogP contribution < -0.4 is 10.6 Å². The maximum Gasteiger partial charge on any atom is 0.229 e. The molecular weight excluding hydrogens is 243 g/mol. The van der Waals surface area contributed by atoms with Crippen LogP contribution in [0.4, 0.5) is 10.1 Å². The fourth-order valence-corrected chi connectivity index (χ4v) is 2.24. The number of nitrogens with one attached hydrogen (secondary N) is 2. The average molecular weight is 257 g/mol. The normalized spacial score (nSPS) is 23.7. The van der Waals surface area contributed by atoms with Gasteiger partial charge in [-0.25, -0.2) is 4.39 Å². The molecule has 0 bridgehead atoms. The smallest absolute Gasteiger partial charge is 0.229 e. The first-order valence-electron chi connectivity index (χ1n) is 5.54. The lowest BCUT2D eigenvalue weighted by atomic mass is 9.97. The zero-order valence-electron chi connectivity index (χ0n) is 9.47. The van der Waals surface area contributed by atoms with Crippen LogP contribution in [-0.4, -0.2) is 19.0 Å². The number of carbonyl (C=O) groups is 1. The van der Waals surface area contributed by atoms with Crippen LogP contribution in [0.1, 0.15) is 6.92 Å². The summed E-state index contributed by atoms with van der Waals surface area (Å²) < 4.78 is 13.1. The third kappa shape index (κ3) is 2.96. The molecule has 92 valence electrons. The fraction of sp³-hybridized carbons (Fsp3) is 0.417. The number of rotatable bonds is 2. The van der Waals surface area contributed by atoms with Gasteiger partial charge >= 0.3 is 0 Å². The van der Waals surface area contributed by atoms with Gasteiger partial charge in [0.25, 0.3) is 0 Å². The van der Waals surface area contributed by atoms with Gasteiger partial charge in [-0.1, -0.05) is 18.5 Å². The summed E-state index contributed by atoms with van der Waals surface area (Å²) in [4.78, 5) is 11.9. The second kappa shape index (κ2) is 5.02. The summed E-state index contributed by atoms with van der Waals surface area (Å²) in [6, 6.07) is 4.00. The molecule has 2 rings (SSSR count). The molecule has 1 aromatic carbocycles. The standard InChI is InChI=1S/C12H14ClFN2O/c1-7-5-15-6-11(7)12(17)16-10-3-8(13)2-9(14)4-10/h2-4,7,11,15H,5-6H2,1H3,(H,16,17)/t7-,11-/m1/s1. The maximum atomic E-state index is 13.1. The first-order valence-corrected chi connectivity index (χ1v) is 5.92. The molecule has 17 heavy (non-hydrogen) atoms. The van der Waals surface area contributed by atoms with Gasteiger partial charge in [0.15, 0.2) is 0 Å². The minimum atomic E-state index is -0.453. The van der Waals surface area contributed by atoms with Crippen molar-refractivity contribution in [1.82, 2.24) is 5.32 Å². The predicted octanol–water partition coefficient (Wildman–Crippen LogP) is 2.27. The lowest BCUT2D eigenvalue weighted by Crippen LogP contribution is -2.27. The van der Waals surface area contributed by atoms with Crippen molar-refractivity contribution in [3.63, 3.8) is 0 Å². The minimum Gasteiger partial charge on any atom is -0.326 e. The molecule has 0 spiro atoms. The van der Waals surface area contributed by atoms with Gasteiger partial charge < -0.3 is 10.6 Å². The molecule has 1 amide bonds. The predicted molar refractivity (Wildman–Crippen MR) is 65.6 cm³/mol. The molecule has 1 heterocycles. The van der Waals surface area contributed by atoms with Gasteiger partial charge in [0, 0.05) is 17.3 Å². The summed E-state index contributed by atoms with van der Waals surface area (Å²) in [5.74, 6) is -0.328. The van der Waals surface area contributed by atoms with Gasteiger partial charge in [0.1, 0.15) is 5.82 Å². The Morgan fingerprint density at radius 3 is 2.82 bits per heavy atom. The van der Waals surface area contributed by atoms with Gasteiger partial charge in [-0.3, -0.25) is 4.79 Å². The van der Waals surface area contributed by atoms with Crippen molar-refractivity contribution >= 4 is 23.2 Å². The monoisotopic (exact) mass is 256 g/mol. The van der Waals surface area contributed by atoms with Crippen LogP contribution in [0.15, 0.2) is 18.2 Å². The van der Waals surface area contributed by atoms with E-state index in [9.17, 15) is 9.18 Å². The molecule has 1 saturated heterocycles. The highest BCUT2D eigenvalue weighted by Gasteiger charge is 2.29. The van der Waals surface area contributed by atoms with Gasteiger partial charge in [-0.15, -0.1) is 0 Å². The number of hydrogen-bond donors (Lipinski definition) is 2. The first kappa shape index (κ1) is 12.3. The van der Waals surface area contributed by atoms with Gasteiger partial charge in [-0.05, 0) is 30.7 Å². The van der Waals surface area contributed by atoms with E-state index in [0.29, 0.717) is 18.2 Å². The highest BCUT2D eigenvalue weighted by molar-refractivity contribution is 6.30. The van der Waals surface area contributed by atoms with Crippen LogP contribution in [-0.2, 0) is 4.79 Å². The molecule has 1 fully saturated rings. The van der Waals surface area contributed by atoms with Crippen LogP contribution in [0, 0.1) is 17.7 Å². The van der Waals surface area contributed by atoms with Crippen LogP contribution >= 0.6 is 11.6 Å². The van der Waals surface area contributed by atoms with E-state index >= 15 is 0 Å². The van der Waals surface area contributed by atoms with E-state index in [4.69, 9.17) is 11.6 Å². The average Bonchev–Trinajstić information content (AvgIpc) is 2.62. The number of hydrogen-bond acceptors (Lipinski definition) is 2. The fourth-order valence-electron chi connectivity index (χ4n) is 2.02. The molecule has 0 radical (unpaired) electrons. The quantitative estimate of drug-likeness (QED) is 0.852. The Kier molecular flexibility index (Phi) is 3.64. The SMILES string of the molecule is C[C@@H]1CNC[C@H]1C(=O)Nc1cc(F)cc(Cl)c1. The van der Waals surface area contributed by atoms with Crippen molar-refractivity contribution in [1.29, 1.82) is 0 Å². The molecule has 0 unspecified atom stereocenters. The summed E-state index contributed by atoms with van der Waals surface area (Å²) in [6.07, 6.45) is 0. The van der Waals surface area contributed by atoms with Crippen molar-refractivity contribution in [2.24, 2.45) is 11.8 Å². The van der Waals surface area contributed by atoms with Gasteiger partial charge in [0.2, 0.25) is 5.91 Å².